The molecular weight excluding hydrogens is 495 g/mol. The van der Waals surface area contributed by atoms with Crippen LogP contribution in [0.2, 0.25) is 0 Å². The van der Waals surface area contributed by atoms with E-state index in [9.17, 15) is 28.3 Å². The first-order chi connectivity index (χ1) is 18.3. The Morgan fingerprint density at radius 2 is 1.74 bits per heavy atom. The normalized spacial score (nSPS) is 12.1. The monoisotopic (exact) mass is 519 g/mol. The van der Waals surface area contributed by atoms with Crippen LogP contribution in [-0.2, 0) is 6.18 Å². The van der Waals surface area contributed by atoms with E-state index in [0.29, 0.717) is 24.7 Å². The summed E-state index contributed by atoms with van der Waals surface area (Å²) in [6.07, 6.45) is -4.21. The maximum absolute atomic E-state index is 13.5. The average molecular weight is 520 g/mol. The summed E-state index contributed by atoms with van der Waals surface area (Å²) >= 11 is 0. The van der Waals surface area contributed by atoms with Crippen LogP contribution in [0.5, 0.6) is 0 Å². The van der Waals surface area contributed by atoms with Crippen molar-refractivity contribution >= 4 is 11.6 Å². The van der Waals surface area contributed by atoms with Crippen molar-refractivity contribution in [1.82, 2.24) is 15.1 Å². The predicted molar refractivity (Wildman–Crippen MR) is 136 cm³/mol. The average Bonchev–Trinajstić information content (AvgIpc) is 3.39. The Hall–Kier alpha value is -4.46. The first-order valence-electron chi connectivity index (χ1n) is 11.8. The van der Waals surface area contributed by atoms with E-state index in [-0.39, 0.29) is 29.6 Å². The fourth-order valence-corrected chi connectivity index (χ4v) is 3.98. The molecule has 0 saturated heterocycles. The Labute approximate surface area is 217 Å². The summed E-state index contributed by atoms with van der Waals surface area (Å²) in [5, 5.41) is 28.0. The second-order valence-electron chi connectivity index (χ2n) is 8.44. The molecule has 0 fully saturated rings. The standard InChI is InChI=1S/C28H24F3N5O2/c29-28(30,31)25-17-24(36(35-25)23-12-4-7-19(15-23)18-32)27(38)34-22-11-5-10-21(16-22)26(33-13-6-14-37)20-8-2-1-3-9-20/h1-5,7-12,15-17,26,33,37H,6,13-14H2,(H,34,38). The molecule has 7 nitrogen and oxygen atoms in total. The van der Waals surface area contributed by atoms with Crippen molar-refractivity contribution in [2.75, 3.05) is 18.5 Å². The zero-order chi connectivity index (χ0) is 27.1. The number of halogens is 3. The Morgan fingerprint density at radius 3 is 2.45 bits per heavy atom. The lowest BCUT2D eigenvalue weighted by Gasteiger charge is -2.20. The van der Waals surface area contributed by atoms with E-state index in [1.165, 1.54) is 24.3 Å². The molecule has 194 valence electrons. The van der Waals surface area contributed by atoms with Gasteiger partial charge in [0.25, 0.3) is 5.91 Å². The van der Waals surface area contributed by atoms with Gasteiger partial charge in [-0.25, -0.2) is 4.68 Å². The quantitative estimate of drug-likeness (QED) is 0.268. The number of nitrogens with zero attached hydrogens (tertiary/aromatic N) is 3. The maximum Gasteiger partial charge on any atom is 0.435 e. The highest BCUT2D eigenvalue weighted by Gasteiger charge is 2.36. The minimum atomic E-state index is -4.77. The second kappa shape index (κ2) is 11.7. The molecule has 0 aliphatic rings. The van der Waals surface area contributed by atoms with Crippen LogP contribution in [0.3, 0.4) is 0 Å². The van der Waals surface area contributed by atoms with Crippen molar-refractivity contribution < 1.29 is 23.1 Å². The van der Waals surface area contributed by atoms with E-state index in [4.69, 9.17) is 0 Å². The summed E-state index contributed by atoms with van der Waals surface area (Å²) in [6, 6.07) is 24.8. The van der Waals surface area contributed by atoms with Gasteiger partial charge in [0, 0.05) is 18.4 Å². The molecule has 4 rings (SSSR count). The van der Waals surface area contributed by atoms with Crippen molar-refractivity contribution in [3.05, 3.63) is 113 Å². The number of hydrogen-bond acceptors (Lipinski definition) is 5. The molecule has 0 radical (unpaired) electrons. The first-order valence-corrected chi connectivity index (χ1v) is 11.8. The SMILES string of the molecule is N#Cc1cccc(-n2nc(C(F)(F)F)cc2C(=O)Nc2cccc(C(NCCCO)c3ccccc3)c2)c1. The van der Waals surface area contributed by atoms with Crippen molar-refractivity contribution in [2.45, 2.75) is 18.6 Å². The molecule has 38 heavy (non-hydrogen) atoms. The molecule has 3 N–H and O–H groups in total. The molecule has 0 bridgehead atoms. The van der Waals surface area contributed by atoms with Crippen molar-refractivity contribution in [3.8, 4) is 11.8 Å². The molecule has 1 heterocycles. The van der Waals surface area contributed by atoms with E-state index < -0.39 is 17.8 Å². The number of aliphatic hydroxyl groups excluding tert-OH is 1. The van der Waals surface area contributed by atoms with Gasteiger partial charge in [-0.05, 0) is 54.4 Å². The molecule has 1 atom stereocenters. The minimum absolute atomic E-state index is 0.0372. The van der Waals surface area contributed by atoms with E-state index in [2.05, 4.69) is 15.7 Å². The number of hydrogen-bond donors (Lipinski definition) is 3. The van der Waals surface area contributed by atoms with Crippen LogP contribution in [0, 0.1) is 11.3 Å². The number of aromatic nitrogens is 2. The van der Waals surface area contributed by atoms with E-state index in [1.54, 1.807) is 18.2 Å². The third kappa shape index (κ3) is 6.26. The van der Waals surface area contributed by atoms with Crippen LogP contribution < -0.4 is 10.6 Å². The van der Waals surface area contributed by atoms with Crippen LogP contribution in [0.25, 0.3) is 5.69 Å². The Balaban J connectivity index is 1.66. The number of carbonyl (C=O) groups excluding carboxylic acids is 1. The summed E-state index contributed by atoms with van der Waals surface area (Å²) in [7, 11) is 0. The summed E-state index contributed by atoms with van der Waals surface area (Å²) < 4.78 is 41.3. The van der Waals surface area contributed by atoms with Gasteiger partial charge < -0.3 is 15.7 Å². The smallest absolute Gasteiger partial charge is 0.396 e. The molecule has 0 spiro atoms. The zero-order valence-electron chi connectivity index (χ0n) is 20.1. The number of benzene rings is 3. The number of carbonyl (C=O) groups is 1. The largest absolute Gasteiger partial charge is 0.435 e. The van der Waals surface area contributed by atoms with Gasteiger partial charge in [0.15, 0.2) is 5.69 Å². The zero-order valence-corrected chi connectivity index (χ0v) is 20.1. The van der Waals surface area contributed by atoms with Crippen LogP contribution in [0.4, 0.5) is 18.9 Å². The van der Waals surface area contributed by atoms with E-state index in [0.717, 1.165) is 15.8 Å². The fraction of sp³-hybridized carbons (Fsp3) is 0.179. The number of nitrogens with one attached hydrogen (secondary N) is 2. The first kappa shape index (κ1) is 26.6. The number of nitriles is 1. The number of aliphatic hydroxyl groups is 1. The fourth-order valence-electron chi connectivity index (χ4n) is 3.98. The van der Waals surface area contributed by atoms with Gasteiger partial charge in [-0.2, -0.15) is 23.5 Å². The van der Waals surface area contributed by atoms with Crippen molar-refractivity contribution in [1.29, 1.82) is 5.26 Å². The van der Waals surface area contributed by atoms with Crippen LogP contribution in [0.1, 0.15) is 45.3 Å². The molecule has 1 unspecified atom stereocenters. The molecule has 1 amide bonds. The molecule has 4 aromatic rings. The Bertz CT molecular complexity index is 1440. The number of amides is 1. The summed E-state index contributed by atoms with van der Waals surface area (Å²) in [5.41, 5.74) is 0.971. The van der Waals surface area contributed by atoms with Gasteiger partial charge in [-0.15, -0.1) is 0 Å². The lowest BCUT2D eigenvalue weighted by Crippen LogP contribution is -2.24. The van der Waals surface area contributed by atoms with Gasteiger partial charge in [0.05, 0.1) is 23.4 Å². The maximum atomic E-state index is 13.5. The Kier molecular flexibility index (Phi) is 8.21. The number of anilines is 1. The molecule has 3 aromatic carbocycles. The predicted octanol–water partition coefficient (Wildman–Crippen LogP) is 5.08. The number of rotatable bonds is 9. The molecule has 0 aliphatic heterocycles. The topological polar surface area (TPSA) is 103 Å². The van der Waals surface area contributed by atoms with Crippen molar-refractivity contribution in [3.63, 3.8) is 0 Å². The lowest BCUT2D eigenvalue weighted by molar-refractivity contribution is -0.141. The third-order valence-electron chi connectivity index (χ3n) is 5.75. The highest BCUT2D eigenvalue weighted by Crippen LogP contribution is 2.30. The molecule has 10 heteroatoms. The third-order valence-corrected chi connectivity index (χ3v) is 5.75. The highest BCUT2D eigenvalue weighted by atomic mass is 19.4. The number of alkyl halides is 3. The highest BCUT2D eigenvalue weighted by molar-refractivity contribution is 6.03. The lowest BCUT2D eigenvalue weighted by atomic mass is 9.98. The minimum Gasteiger partial charge on any atom is -0.396 e. The van der Waals surface area contributed by atoms with E-state index >= 15 is 0 Å². The van der Waals surface area contributed by atoms with Crippen molar-refractivity contribution in [2.24, 2.45) is 0 Å². The second-order valence-corrected chi connectivity index (χ2v) is 8.44. The Morgan fingerprint density at radius 1 is 1.00 bits per heavy atom. The molecule has 1 aromatic heterocycles. The van der Waals surface area contributed by atoms with E-state index in [1.807, 2.05) is 42.5 Å². The van der Waals surface area contributed by atoms with Crippen LogP contribution >= 0.6 is 0 Å². The van der Waals surface area contributed by atoms with Gasteiger partial charge in [0.1, 0.15) is 5.69 Å². The molecule has 0 saturated carbocycles. The van der Waals surface area contributed by atoms with Gasteiger partial charge >= 0.3 is 6.18 Å². The summed E-state index contributed by atoms with van der Waals surface area (Å²) in [4.78, 5) is 13.2. The van der Waals surface area contributed by atoms with Crippen LogP contribution in [0.15, 0.2) is 84.9 Å². The van der Waals surface area contributed by atoms with Gasteiger partial charge in [0.2, 0.25) is 0 Å². The summed E-state index contributed by atoms with van der Waals surface area (Å²) in [5.74, 6) is -0.794. The van der Waals surface area contributed by atoms with Gasteiger partial charge in [-0.3, -0.25) is 4.79 Å². The molecular formula is C28H24F3N5O2. The van der Waals surface area contributed by atoms with Gasteiger partial charge in [-0.1, -0.05) is 48.5 Å². The van der Waals surface area contributed by atoms with Crippen LogP contribution in [-0.4, -0.2) is 33.9 Å². The summed E-state index contributed by atoms with van der Waals surface area (Å²) in [6.45, 7) is 0.587. The molecule has 0 aliphatic carbocycles.